The quantitative estimate of drug-likeness (QED) is 0.0820. The van der Waals surface area contributed by atoms with Crippen LogP contribution >= 0.6 is 23.4 Å². The van der Waals surface area contributed by atoms with Gasteiger partial charge in [-0.05, 0) is 128 Å². The van der Waals surface area contributed by atoms with Crippen LogP contribution in [0.2, 0.25) is 5.02 Å². The van der Waals surface area contributed by atoms with Gasteiger partial charge >= 0.3 is 5.51 Å². The van der Waals surface area contributed by atoms with Gasteiger partial charge in [0.1, 0.15) is 4.90 Å². The number of amides is 1. The first-order valence-corrected chi connectivity index (χ1v) is 30.0. The van der Waals surface area contributed by atoms with Crippen LogP contribution in [-0.4, -0.2) is 152 Å². The van der Waals surface area contributed by atoms with Crippen molar-refractivity contribution in [3.8, 4) is 0 Å². The molecular weight excluding hydrogens is 1030 g/mol. The van der Waals surface area contributed by atoms with E-state index in [0.29, 0.717) is 37.9 Å². The van der Waals surface area contributed by atoms with Crippen molar-refractivity contribution in [1.82, 2.24) is 24.7 Å². The van der Waals surface area contributed by atoms with Gasteiger partial charge in [-0.3, -0.25) is 14.6 Å². The molecule has 0 unspecified atom stereocenters. The van der Waals surface area contributed by atoms with Crippen molar-refractivity contribution in [2.24, 2.45) is 5.41 Å². The number of sulfonamides is 1. The van der Waals surface area contributed by atoms with Crippen molar-refractivity contribution < 1.29 is 39.5 Å². The summed E-state index contributed by atoms with van der Waals surface area (Å²) in [6.07, 6.45) is 6.65. The van der Waals surface area contributed by atoms with E-state index in [4.69, 9.17) is 16.3 Å². The Morgan fingerprint density at radius 1 is 0.851 bits per heavy atom. The summed E-state index contributed by atoms with van der Waals surface area (Å²) in [5.74, 6) is -0.645. The minimum absolute atomic E-state index is 0.00229. The minimum atomic E-state index is -6.07. The molecule has 1 amide bonds. The van der Waals surface area contributed by atoms with Crippen molar-refractivity contribution in [3.05, 3.63) is 119 Å². The molecule has 0 radical (unpaired) electrons. The maximum absolute atomic E-state index is 14.4. The Morgan fingerprint density at radius 2 is 1.57 bits per heavy atom. The number of hydrogen-bond donors (Lipinski definition) is 3. The molecule has 2 atom stereocenters. The van der Waals surface area contributed by atoms with Crippen LogP contribution in [0.5, 0.6) is 0 Å². The van der Waals surface area contributed by atoms with Gasteiger partial charge in [0.25, 0.3) is 25.8 Å². The molecule has 20 heteroatoms. The number of nitrogens with one attached hydrogen (secondary N) is 3. The Labute approximate surface area is 443 Å². The number of thioether (sulfide) groups is 1. The maximum Gasteiger partial charge on any atom is 0.501 e. The zero-order valence-corrected chi connectivity index (χ0v) is 45.1. The summed E-state index contributed by atoms with van der Waals surface area (Å²) < 4.78 is 105. The van der Waals surface area contributed by atoms with Crippen LogP contribution in [0.3, 0.4) is 0 Å². The Hall–Kier alpha value is -4.18. The van der Waals surface area contributed by atoms with Gasteiger partial charge in [-0.25, -0.2) is 21.6 Å². The van der Waals surface area contributed by atoms with Crippen LogP contribution in [-0.2, 0) is 24.6 Å². The monoisotopic (exact) mass is 1100 g/mol. The number of carbonyl (C=O) groups excluding carboxylic acids is 1. The number of sulfone groups is 1. The molecule has 1 spiro atoms. The lowest BCUT2D eigenvalue weighted by molar-refractivity contribution is -0.151. The third-order valence-electron chi connectivity index (χ3n) is 15.4. The predicted molar refractivity (Wildman–Crippen MR) is 287 cm³/mol. The van der Waals surface area contributed by atoms with Crippen LogP contribution in [0.25, 0.3) is 5.57 Å². The summed E-state index contributed by atoms with van der Waals surface area (Å²) in [7, 11) is -10.9. The normalized spacial score (nSPS) is 21.8. The third kappa shape index (κ3) is 13.3. The van der Waals surface area contributed by atoms with Crippen LogP contribution in [0.15, 0.2) is 117 Å². The highest BCUT2D eigenvalue weighted by Gasteiger charge is 2.49. The van der Waals surface area contributed by atoms with Gasteiger partial charge in [-0.1, -0.05) is 54.4 Å². The van der Waals surface area contributed by atoms with E-state index in [2.05, 4.69) is 49.3 Å². The summed E-state index contributed by atoms with van der Waals surface area (Å²) >= 11 is 7.76. The van der Waals surface area contributed by atoms with Gasteiger partial charge in [0.2, 0.25) is 0 Å². The second-order valence-corrected chi connectivity index (χ2v) is 26.0. The molecule has 5 aliphatic rings. The Kier molecular flexibility index (Phi) is 17.1. The number of rotatable bonds is 18. The summed E-state index contributed by atoms with van der Waals surface area (Å²) in [6.45, 7) is 14.2. The number of alkyl halides is 3. The first-order chi connectivity index (χ1) is 35.4. The van der Waals surface area contributed by atoms with Gasteiger partial charge in [-0.15, -0.1) is 11.8 Å². The molecular formula is C54H67ClF3N7O6S3. The summed E-state index contributed by atoms with van der Waals surface area (Å²) in [4.78, 5) is 22.0. The smallest absolute Gasteiger partial charge is 0.380 e. The van der Waals surface area contributed by atoms with Crippen molar-refractivity contribution in [1.29, 1.82) is 0 Å². The average Bonchev–Trinajstić information content (AvgIpc) is 3.37. The first kappa shape index (κ1) is 54.6. The Morgan fingerprint density at radius 3 is 2.24 bits per heavy atom. The van der Waals surface area contributed by atoms with Crippen LogP contribution in [0, 0.1) is 5.41 Å². The number of piperazine rings is 2. The molecule has 4 aromatic carbocycles. The van der Waals surface area contributed by atoms with Crippen LogP contribution < -0.4 is 20.3 Å². The van der Waals surface area contributed by atoms with E-state index in [0.717, 1.165) is 138 Å². The van der Waals surface area contributed by atoms with Crippen molar-refractivity contribution in [2.75, 3.05) is 108 Å². The van der Waals surface area contributed by atoms with Gasteiger partial charge in [0, 0.05) is 118 Å². The van der Waals surface area contributed by atoms with E-state index in [1.807, 2.05) is 47.2 Å². The molecule has 9 rings (SSSR count). The number of ether oxygens (including phenoxy) is 1. The van der Waals surface area contributed by atoms with E-state index in [1.54, 1.807) is 12.1 Å². The summed E-state index contributed by atoms with van der Waals surface area (Å²) in [6, 6.07) is 26.1. The third-order valence-corrected chi connectivity index (χ3v) is 19.6. The van der Waals surface area contributed by atoms with Crippen molar-refractivity contribution in [3.63, 3.8) is 0 Å². The SMILES string of the molecule is C[C@@]1(CN2CCNCC2)CCC(c2ccc(Cl)cc2)=C(CN2CCN(c3ccc(C(=O)NS(=O)(=O)c4ccc(N[C@H](CCN5CCOC6(CCC6)C5)CSc5ccccc5)c(S(=O)(=O)C(F)(F)F)c4)cc3)CC2)C1. The van der Waals surface area contributed by atoms with Gasteiger partial charge in [0.05, 0.1) is 22.8 Å². The van der Waals surface area contributed by atoms with Crippen molar-refractivity contribution in [2.45, 2.75) is 83.7 Å². The van der Waals surface area contributed by atoms with Gasteiger partial charge in [-0.2, -0.15) is 13.2 Å². The van der Waals surface area contributed by atoms with E-state index in [9.17, 15) is 34.8 Å². The summed E-state index contributed by atoms with van der Waals surface area (Å²) in [5.41, 5.74) is -1.17. The standard InChI is InChI=1S/C54H67ClF3N7O6S3/c1-52(38-64-26-23-59-24-27-64)22-18-48(40-8-12-43(55)13-9-40)42(35-52)36-62-28-30-65(31-29-62)45-14-10-41(11-15-45)51(66)61-74(69,70)47-16-17-49(50(34-47)73(67,68)54(56,57)58)60-44(37-72-46-6-3-2-4-7-46)19-25-63-32-33-71-53(39-63)20-5-21-53/h2-4,6-17,34,44,59-60H,5,18-33,35-39H2,1H3,(H,61,66)/t44-,52-/m1/s1. The first-order valence-electron chi connectivity index (χ1n) is 25.7. The second-order valence-electron chi connectivity index (χ2n) is 20.9. The Bertz CT molecular complexity index is 2850. The lowest BCUT2D eigenvalue weighted by atomic mass is 9.71. The highest BCUT2D eigenvalue weighted by atomic mass is 35.5. The van der Waals surface area contributed by atoms with E-state index >= 15 is 0 Å². The average molecular weight is 1100 g/mol. The number of morpholine rings is 1. The number of hydrogen-bond acceptors (Lipinski definition) is 13. The molecule has 4 fully saturated rings. The molecule has 3 heterocycles. The number of halogens is 4. The molecule has 3 saturated heterocycles. The van der Waals surface area contributed by atoms with E-state index in [1.165, 1.54) is 40.6 Å². The highest BCUT2D eigenvalue weighted by molar-refractivity contribution is 7.99. The largest absolute Gasteiger partial charge is 0.501 e. The predicted octanol–water partition coefficient (Wildman–Crippen LogP) is 8.64. The number of carbonyl (C=O) groups is 1. The fourth-order valence-electron chi connectivity index (χ4n) is 11.1. The summed E-state index contributed by atoms with van der Waals surface area (Å²) in [5, 5.41) is 7.24. The van der Waals surface area contributed by atoms with Gasteiger partial charge in [0.15, 0.2) is 0 Å². The minimum Gasteiger partial charge on any atom is -0.380 e. The molecule has 4 aromatic rings. The lowest BCUT2D eigenvalue weighted by Gasteiger charge is -2.48. The molecule has 0 bridgehead atoms. The second kappa shape index (κ2) is 23.2. The van der Waals surface area contributed by atoms with Crippen molar-refractivity contribution >= 4 is 66.1 Å². The zero-order valence-electron chi connectivity index (χ0n) is 41.8. The number of nitrogens with zero attached hydrogens (tertiary/aromatic N) is 4. The molecule has 0 aromatic heterocycles. The maximum atomic E-state index is 14.4. The molecule has 74 heavy (non-hydrogen) atoms. The van der Waals surface area contributed by atoms with Crippen LogP contribution in [0.4, 0.5) is 24.5 Å². The molecule has 2 aliphatic carbocycles. The highest BCUT2D eigenvalue weighted by Crippen LogP contribution is 2.44. The van der Waals surface area contributed by atoms with Crippen LogP contribution in [0.1, 0.15) is 67.8 Å². The van der Waals surface area contributed by atoms with E-state index in [-0.39, 0.29) is 16.6 Å². The molecule has 400 valence electrons. The number of anilines is 2. The number of benzene rings is 4. The zero-order chi connectivity index (χ0) is 52.1. The molecule has 13 nitrogen and oxygen atoms in total. The Balaban J connectivity index is 0.851. The fraction of sp³-hybridized carbons (Fsp3) is 0.500. The van der Waals surface area contributed by atoms with Gasteiger partial charge < -0.3 is 25.2 Å². The molecule has 1 saturated carbocycles. The fourth-order valence-corrected chi connectivity index (χ4v) is 14.2. The molecule has 3 N–H and O–H groups in total. The lowest BCUT2D eigenvalue weighted by Crippen LogP contribution is -2.56. The van der Waals surface area contributed by atoms with E-state index < -0.39 is 52.8 Å². The number of allylic oxidation sites excluding steroid dienone is 1. The topological polar surface area (TPSA) is 144 Å². The molecule has 3 aliphatic heterocycles.